The number of aliphatic imine (C=N–C) groups is 1. The van der Waals surface area contributed by atoms with Gasteiger partial charge in [-0.3, -0.25) is 19.3 Å². The van der Waals surface area contributed by atoms with Gasteiger partial charge in [0.25, 0.3) is 0 Å². The first kappa shape index (κ1) is 28.5. The number of ketones is 1. The van der Waals surface area contributed by atoms with Crippen LogP contribution in [0.1, 0.15) is 57.4 Å². The van der Waals surface area contributed by atoms with Crippen molar-refractivity contribution >= 4 is 28.8 Å². The second-order valence-electron chi connectivity index (χ2n) is 10.2. The van der Waals surface area contributed by atoms with Crippen molar-refractivity contribution in [2.45, 2.75) is 59.7 Å². The molecule has 2 heterocycles. The summed E-state index contributed by atoms with van der Waals surface area (Å²) in [7, 11) is 1.58. The average molecular weight is 513 g/mol. The Bertz CT molecular complexity index is 1120. The molecule has 0 aliphatic carbocycles. The van der Waals surface area contributed by atoms with Crippen molar-refractivity contribution in [1.29, 1.82) is 0 Å². The summed E-state index contributed by atoms with van der Waals surface area (Å²) in [6, 6.07) is 5.39. The molecule has 202 valence electrons. The number of nitrogens with zero attached hydrogens (tertiary/aromatic N) is 4. The number of methoxy groups -OCH3 is 1. The van der Waals surface area contributed by atoms with E-state index in [4.69, 9.17) is 14.6 Å². The fourth-order valence-electron chi connectivity index (χ4n) is 4.08. The highest BCUT2D eigenvalue weighted by Gasteiger charge is 2.24. The van der Waals surface area contributed by atoms with Crippen LogP contribution >= 0.6 is 0 Å². The van der Waals surface area contributed by atoms with Crippen LogP contribution < -0.4 is 4.74 Å². The Morgan fingerprint density at radius 2 is 1.86 bits per heavy atom. The normalized spacial score (nSPS) is 15.5. The topological polar surface area (TPSA) is 106 Å². The third-order valence-corrected chi connectivity index (χ3v) is 6.35. The summed E-state index contributed by atoms with van der Waals surface area (Å²) >= 11 is 0. The summed E-state index contributed by atoms with van der Waals surface area (Å²) in [6.07, 6.45) is 5.14. The highest BCUT2D eigenvalue weighted by Crippen LogP contribution is 2.26. The van der Waals surface area contributed by atoms with Crippen LogP contribution in [-0.4, -0.2) is 77.3 Å². The Balaban J connectivity index is 1.88. The van der Waals surface area contributed by atoms with Crippen molar-refractivity contribution in [2.24, 2.45) is 16.8 Å². The molecule has 1 aliphatic heterocycles. The van der Waals surface area contributed by atoms with E-state index in [0.717, 1.165) is 12.8 Å². The molecule has 0 radical (unpaired) electrons. The predicted molar refractivity (Wildman–Crippen MR) is 144 cm³/mol. The van der Waals surface area contributed by atoms with E-state index in [1.807, 2.05) is 4.90 Å². The van der Waals surface area contributed by atoms with Crippen LogP contribution in [0.15, 0.2) is 34.8 Å². The average Bonchev–Trinajstić information content (AvgIpc) is 3.24. The number of hydrogen-bond donors (Lipinski definition) is 1. The number of carbonyl (C=O) groups excluding carboxylic acids is 2. The van der Waals surface area contributed by atoms with Crippen LogP contribution in [0.5, 0.6) is 5.75 Å². The van der Waals surface area contributed by atoms with Crippen LogP contribution in [-0.2, 0) is 16.1 Å². The molecule has 0 spiro atoms. The molecule has 9 nitrogen and oxygen atoms in total. The number of aliphatic hydroxyl groups is 1. The molecular weight excluding hydrogens is 472 g/mol. The maximum Gasteiger partial charge on any atom is 0.244 e. The van der Waals surface area contributed by atoms with Gasteiger partial charge in [0.2, 0.25) is 11.7 Å². The Hall–Kier alpha value is -3.04. The minimum absolute atomic E-state index is 0.0187. The number of hydrogen-bond acceptors (Lipinski definition) is 7. The molecule has 0 saturated heterocycles. The minimum Gasteiger partial charge on any atom is -0.497 e. The van der Waals surface area contributed by atoms with Crippen LogP contribution in [0.4, 0.5) is 0 Å². The third kappa shape index (κ3) is 7.72. The smallest absolute Gasteiger partial charge is 0.244 e. The van der Waals surface area contributed by atoms with Gasteiger partial charge >= 0.3 is 0 Å². The summed E-state index contributed by atoms with van der Waals surface area (Å²) in [5.41, 5.74) is 1.36. The highest BCUT2D eigenvalue weighted by molar-refractivity contribution is 6.24. The van der Waals surface area contributed by atoms with Crippen molar-refractivity contribution in [3.63, 3.8) is 0 Å². The molecule has 1 unspecified atom stereocenters. The lowest BCUT2D eigenvalue weighted by Crippen LogP contribution is -2.36. The number of dihydropyridines is 1. The van der Waals surface area contributed by atoms with Crippen LogP contribution in [0, 0.1) is 11.8 Å². The molecule has 0 saturated carbocycles. The number of carbonyl (C=O) groups is 2. The first-order valence-corrected chi connectivity index (χ1v) is 13.1. The van der Waals surface area contributed by atoms with Crippen molar-refractivity contribution < 1.29 is 24.2 Å². The van der Waals surface area contributed by atoms with Gasteiger partial charge in [-0.05, 0) is 36.8 Å². The van der Waals surface area contributed by atoms with Crippen LogP contribution in [0.25, 0.3) is 10.9 Å². The lowest BCUT2D eigenvalue weighted by molar-refractivity contribution is -0.132. The summed E-state index contributed by atoms with van der Waals surface area (Å²) in [6.45, 7) is 10.1. The Morgan fingerprint density at radius 3 is 2.43 bits per heavy atom. The molecular formula is C28H40N4O5. The zero-order valence-electron chi connectivity index (χ0n) is 22.6. The zero-order chi connectivity index (χ0) is 26.9. The molecule has 9 heteroatoms. The summed E-state index contributed by atoms with van der Waals surface area (Å²) in [4.78, 5) is 33.1. The van der Waals surface area contributed by atoms with Gasteiger partial charge < -0.3 is 19.5 Å². The molecule has 1 amide bonds. The second-order valence-corrected chi connectivity index (χ2v) is 10.2. The maximum absolute atomic E-state index is 13.4. The maximum atomic E-state index is 13.4. The van der Waals surface area contributed by atoms with E-state index in [1.165, 1.54) is 6.21 Å². The first-order valence-electron chi connectivity index (χ1n) is 13.1. The number of allylic oxidation sites excluding steroid dienone is 1. The fourth-order valence-corrected chi connectivity index (χ4v) is 4.08. The number of aromatic nitrogens is 2. The molecule has 1 N–H and O–H groups in total. The third-order valence-electron chi connectivity index (χ3n) is 6.35. The van der Waals surface area contributed by atoms with E-state index in [2.05, 4.69) is 37.8 Å². The first-order chi connectivity index (χ1) is 17.7. The molecule has 0 bridgehead atoms. The highest BCUT2D eigenvalue weighted by atomic mass is 16.5. The van der Waals surface area contributed by atoms with Gasteiger partial charge in [0.1, 0.15) is 18.0 Å². The summed E-state index contributed by atoms with van der Waals surface area (Å²) < 4.78 is 12.4. The summed E-state index contributed by atoms with van der Waals surface area (Å²) in [5.74, 6) is 1.33. The van der Waals surface area contributed by atoms with E-state index < -0.39 is 6.23 Å². The molecule has 1 aromatic heterocycles. The molecule has 1 atom stereocenters. The minimum atomic E-state index is -0.414. The largest absolute Gasteiger partial charge is 0.497 e. The quantitative estimate of drug-likeness (QED) is 0.385. The molecule has 3 rings (SSSR count). The SMILES string of the molecule is COc1ccc2c(C(=O)C3=CCC(OCCO)N=C3)nn(CC(=O)N(CCC(C)C)CCC(C)C)c2c1. The number of aliphatic hydroxyl groups excluding tert-OH is 1. The summed E-state index contributed by atoms with van der Waals surface area (Å²) in [5, 5.41) is 14.2. The van der Waals surface area contributed by atoms with Gasteiger partial charge in [-0.15, -0.1) is 0 Å². The predicted octanol–water partition coefficient (Wildman–Crippen LogP) is 3.88. The van der Waals surface area contributed by atoms with E-state index in [0.29, 0.717) is 53.6 Å². The fraction of sp³-hybridized carbons (Fsp3) is 0.571. The van der Waals surface area contributed by atoms with Crippen LogP contribution in [0.2, 0.25) is 0 Å². The van der Waals surface area contributed by atoms with Gasteiger partial charge in [-0.2, -0.15) is 5.10 Å². The van der Waals surface area contributed by atoms with E-state index in [-0.39, 0.29) is 37.1 Å². The number of benzene rings is 1. The van der Waals surface area contributed by atoms with Gasteiger partial charge in [-0.1, -0.05) is 33.8 Å². The number of ether oxygens (including phenoxy) is 2. The van der Waals surface area contributed by atoms with Crippen molar-refractivity contribution in [2.75, 3.05) is 33.4 Å². The molecule has 1 aliphatic rings. The van der Waals surface area contributed by atoms with Gasteiger partial charge in [0, 0.05) is 42.8 Å². The Morgan fingerprint density at radius 1 is 1.16 bits per heavy atom. The monoisotopic (exact) mass is 512 g/mol. The van der Waals surface area contributed by atoms with Gasteiger partial charge in [0.05, 0.1) is 25.8 Å². The number of fused-ring (bicyclic) bond motifs is 1. The van der Waals surface area contributed by atoms with Gasteiger partial charge in [-0.25, -0.2) is 0 Å². The molecule has 2 aromatic rings. The molecule has 1 aromatic carbocycles. The number of amides is 1. The second kappa shape index (κ2) is 13.5. The Kier molecular flexibility index (Phi) is 10.4. The van der Waals surface area contributed by atoms with Crippen molar-refractivity contribution in [3.05, 3.63) is 35.5 Å². The standard InChI is InChI=1S/C28H40N4O5/c1-19(2)10-12-31(13-11-20(3)4)26(34)18-32-24-16-22(36-5)7-8-23(24)27(30-32)28(35)21-6-9-25(29-17-21)37-15-14-33/h6-8,16-17,19-20,25,33H,9-15,18H2,1-5H3. The molecule has 37 heavy (non-hydrogen) atoms. The van der Waals surface area contributed by atoms with E-state index in [1.54, 1.807) is 36.1 Å². The van der Waals surface area contributed by atoms with Crippen molar-refractivity contribution in [1.82, 2.24) is 14.7 Å². The Labute approximate surface area is 219 Å². The number of Topliss-reactive ketones (excluding diaryl/α,β-unsaturated/α-hetero) is 1. The molecule has 0 fully saturated rings. The number of rotatable bonds is 14. The lowest BCUT2D eigenvalue weighted by atomic mass is 10.0. The van der Waals surface area contributed by atoms with E-state index in [9.17, 15) is 9.59 Å². The van der Waals surface area contributed by atoms with Gasteiger partial charge in [0.15, 0.2) is 6.23 Å². The lowest BCUT2D eigenvalue weighted by Gasteiger charge is -2.24. The zero-order valence-corrected chi connectivity index (χ0v) is 22.6. The van der Waals surface area contributed by atoms with Crippen molar-refractivity contribution in [3.8, 4) is 5.75 Å². The van der Waals surface area contributed by atoms with Crippen LogP contribution in [0.3, 0.4) is 0 Å². The van der Waals surface area contributed by atoms with E-state index >= 15 is 0 Å².